The summed E-state index contributed by atoms with van der Waals surface area (Å²) in [4.78, 5) is 0. The normalized spacial score (nSPS) is 10.5. The molecule has 0 heterocycles. The van der Waals surface area contributed by atoms with Gasteiger partial charge in [0.25, 0.3) is 0 Å². The Bertz CT molecular complexity index is 318. The molecule has 1 nitrogen and oxygen atoms in total. The van der Waals surface area contributed by atoms with E-state index in [0.717, 1.165) is 0 Å². The van der Waals surface area contributed by atoms with Crippen LogP contribution in [-0.4, -0.2) is 5.11 Å². The third-order valence-corrected chi connectivity index (χ3v) is 3.36. The first kappa shape index (κ1) is 11.0. The molecule has 0 aliphatic rings. The van der Waals surface area contributed by atoms with Crippen LogP contribution in [0.15, 0.2) is 0 Å². The van der Waals surface area contributed by atoms with Crippen LogP contribution in [-0.2, 0) is 6.42 Å². The van der Waals surface area contributed by atoms with Crippen molar-refractivity contribution in [2.24, 2.45) is 0 Å². The van der Waals surface area contributed by atoms with Gasteiger partial charge in [-0.25, -0.2) is 0 Å². The van der Waals surface area contributed by atoms with Crippen molar-refractivity contribution in [3.63, 3.8) is 0 Å². The van der Waals surface area contributed by atoms with E-state index in [2.05, 4.69) is 0 Å². The lowest BCUT2D eigenvalue weighted by Crippen LogP contribution is -1.90. The number of rotatable bonds is 1. The van der Waals surface area contributed by atoms with E-state index < -0.39 is 0 Å². The van der Waals surface area contributed by atoms with Gasteiger partial charge in [0.2, 0.25) is 0 Å². The van der Waals surface area contributed by atoms with E-state index in [1.807, 2.05) is 6.92 Å². The summed E-state index contributed by atoms with van der Waals surface area (Å²) in [6.07, 6.45) is 0.644. The van der Waals surface area contributed by atoms with Crippen molar-refractivity contribution < 1.29 is 5.11 Å². The van der Waals surface area contributed by atoms with E-state index >= 15 is 0 Å². The van der Waals surface area contributed by atoms with Crippen molar-refractivity contribution in [2.75, 3.05) is 0 Å². The summed E-state index contributed by atoms with van der Waals surface area (Å²) >= 11 is 17.7. The van der Waals surface area contributed by atoms with Crippen LogP contribution in [0.4, 0.5) is 0 Å². The Morgan fingerprint density at radius 3 is 2.08 bits per heavy atom. The van der Waals surface area contributed by atoms with Gasteiger partial charge in [-0.05, 0) is 18.9 Å². The molecule has 1 aromatic rings. The molecule has 0 aromatic heterocycles. The molecule has 1 aromatic carbocycles. The summed E-state index contributed by atoms with van der Waals surface area (Å²) in [5.74, 6) is 0.0212. The Hall–Kier alpha value is -0.110. The topological polar surface area (TPSA) is 20.2 Å². The van der Waals surface area contributed by atoms with Crippen molar-refractivity contribution >= 4 is 34.8 Å². The lowest BCUT2D eigenvalue weighted by Gasteiger charge is -2.11. The van der Waals surface area contributed by atoms with Gasteiger partial charge in [0.15, 0.2) is 0 Å². The molecule has 13 heavy (non-hydrogen) atoms. The van der Waals surface area contributed by atoms with Crippen LogP contribution < -0.4 is 0 Å². The molecule has 0 unspecified atom stereocenters. The maximum Gasteiger partial charge on any atom is 0.138 e. The fourth-order valence-corrected chi connectivity index (χ4v) is 2.11. The molecule has 0 amide bonds. The maximum atomic E-state index is 9.55. The number of halogens is 3. The molecule has 0 fully saturated rings. The van der Waals surface area contributed by atoms with Gasteiger partial charge in [-0.15, -0.1) is 0 Å². The second kappa shape index (κ2) is 3.95. The van der Waals surface area contributed by atoms with E-state index in [1.54, 1.807) is 6.92 Å². The Kier molecular flexibility index (Phi) is 3.33. The van der Waals surface area contributed by atoms with Gasteiger partial charge in [-0.1, -0.05) is 41.7 Å². The maximum absolute atomic E-state index is 9.55. The minimum atomic E-state index is 0.0212. The molecule has 0 radical (unpaired) electrons. The first-order valence-electron chi connectivity index (χ1n) is 3.85. The molecule has 72 valence electrons. The summed E-state index contributed by atoms with van der Waals surface area (Å²) in [6.45, 7) is 3.58. The van der Waals surface area contributed by atoms with Crippen molar-refractivity contribution in [3.8, 4) is 5.75 Å². The molecule has 1 rings (SSSR count). The van der Waals surface area contributed by atoms with Crippen molar-refractivity contribution in [3.05, 3.63) is 26.2 Å². The van der Waals surface area contributed by atoms with Gasteiger partial charge < -0.3 is 5.11 Å². The highest BCUT2D eigenvalue weighted by atomic mass is 35.5. The number of hydrogen-bond acceptors (Lipinski definition) is 1. The largest absolute Gasteiger partial charge is 0.506 e. The zero-order valence-electron chi connectivity index (χ0n) is 7.29. The monoisotopic (exact) mass is 238 g/mol. The van der Waals surface area contributed by atoms with E-state index in [1.165, 1.54) is 0 Å². The van der Waals surface area contributed by atoms with Gasteiger partial charge in [0, 0.05) is 5.56 Å². The van der Waals surface area contributed by atoms with Crippen LogP contribution in [0.5, 0.6) is 5.75 Å². The van der Waals surface area contributed by atoms with E-state index in [9.17, 15) is 5.11 Å². The molecule has 0 bridgehead atoms. The minimum Gasteiger partial charge on any atom is -0.506 e. The molecule has 0 aliphatic heterocycles. The van der Waals surface area contributed by atoms with E-state index in [4.69, 9.17) is 34.8 Å². The Balaban J connectivity index is 3.56. The molecule has 1 N–H and O–H groups in total. The number of phenols is 1. The van der Waals surface area contributed by atoms with Crippen LogP contribution in [0.3, 0.4) is 0 Å². The highest BCUT2D eigenvalue weighted by molar-refractivity contribution is 6.45. The summed E-state index contributed by atoms with van der Waals surface area (Å²) in [6, 6.07) is 0. The fraction of sp³-hybridized carbons (Fsp3) is 0.333. The van der Waals surface area contributed by atoms with Crippen LogP contribution >= 0.6 is 34.8 Å². The summed E-state index contributed by atoms with van der Waals surface area (Å²) in [7, 11) is 0. The Labute approximate surface area is 92.2 Å². The number of hydrogen-bond donors (Lipinski definition) is 1. The molecule has 4 heteroatoms. The molecule has 0 saturated carbocycles. The second-order valence-corrected chi connectivity index (χ2v) is 3.88. The van der Waals surface area contributed by atoms with Crippen LogP contribution in [0, 0.1) is 6.92 Å². The number of aromatic hydroxyl groups is 1. The summed E-state index contributed by atoms with van der Waals surface area (Å²) < 4.78 is 0. The highest BCUT2D eigenvalue weighted by Crippen LogP contribution is 2.41. The molecule has 0 atom stereocenters. The van der Waals surface area contributed by atoms with Gasteiger partial charge in [0.1, 0.15) is 5.75 Å². The first-order valence-corrected chi connectivity index (χ1v) is 4.99. The number of benzene rings is 1. The van der Waals surface area contributed by atoms with Crippen molar-refractivity contribution in [2.45, 2.75) is 20.3 Å². The SMILES string of the molecule is CCc1c(Cl)c(O)c(C)c(Cl)c1Cl. The molecule has 0 aliphatic carbocycles. The zero-order valence-corrected chi connectivity index (χ0v) is 9.56. The summed E-state index contributed by atoms with van der Waals surface area (Å²) in [5.41, 5.74) is 1.21. The average molecular weight is 240 g/mol. The third-order valence-electron chi connectivity index (χ3n) is 1.97. The van der Waals surface area contributed by atoms with Crippen molar-refractivity contribution in [1.82, 2.24) is 0 Å². The Morgan fingerprint density at radius 2 is 1.62 bits per heavy atom. The van der Waals surface area contributed by atoms with Crippen LogP contribution in [0.25, 0.3) is 0 Å². The predicted octanol–water partition coefficient (Wildman–Crippen LogP) is 4.22. The molecule has 0 saturated heterocycles. The molecule has 0 spiro atoms. The highest BCUT2D eigenvalue weighted by Gasteiger charge is 2.16. The van der Waals surface area contributed by atoms with Gasteiger partial charge in [0.05, 0.1) is 15.1 Å². The first-order chi connectivity index (χ1) is 6.00. The zero-order chi connectivity index (χ0) is 10.2. The van der Waals surface area contributed by atoms with Gasteiger partial charge >= 0.3 is 0 Å². The van der Waals surface area contributed by atoms with Gasteiger partial charge in [-0.2, -0.15) is 0 Å². The lowest BCUT2D eigenvalue weighted by molar-refractivity contribution is 0.471. The van der Waals surface area contributed by atoms with Crippen molar-refractivity contribution in [1.29, 1.82) is 0 Å². The number of phenolic OH excluding ortho intramolecular Hbond substituents is 1. The van der Waals surface area contributed by atoms with Crippen LogP contribution in [0.1, 0.15) is 18.1 Å². The van der Waals surface area contributed by atoms with Crippen LogP contribution in [0.2, 0.25) is 15.1 Å². The molecular weight excluding hydrogens is 230 g/mol. The summed E-state index contributed by atoms with van der Waals surface area (Å²) in [5, 5.41) is 10.7. The third kappa shape index (κ3) is 1.74. The average Bonchev–Trinajstić information content (AvgIpc) is 2.13. The molecular formula is C9H9Cl3O. The second-order valence-electron chi connectivity index (χ2n) is 2.75. The smallest absolute Gasteiger partial charge is 0.138 e. The standard InChI is InChI=1S/C9H9Cl3O/c1-3-5-7(11)6(10)4(2)9(13)8(5)12/h13H,3H2,1-2H3. The van der Waals surface area contributed by atoms with Gasteiger partial charge in [-0.3, -0.25) is 0 Å². The van der Waals surface area contributed by atoms with E-state index in [-0.39, 0.29) is 5.75 Å². The Morgan fingerprint density at radius 1 is 1.08 bits per heavy atom. The van der Waals surface area contributed by atoms with E-state index in [0.29, 0.717) is 32.6 Å². The fourth-order valence-electron chi connectivity index (χ4n) is 1.12. The minimum absolute atomic E-state index is 0.0212. The predicted molar refractivity (Wildman–Crippen MR) is 57.3 cm³/mol. The quantitative estimate of drug-likeness (QED) is 0.728. The lowest BCUT2D eigenvalue weighted by atomic mass is 10.1.